The van der Waals surface area contributed by atoms with Crippen molar-refractivity contribution in [3.63, 3.8) is 0 Å². The van der Waals surface area contributed by atoms with Crippen LogP contribution in [-0.2, 0) is 9.53 Å². The second-order valence-electron chi connectivity index (χ2n) is 6.36. The van der Waals surface area contributed by atoms with E-state index in [2.05, 4.69) is 4.98 Å². The molecule has 1 amide bonds. The van der Waals surface area contributed by atoms with E-state index in [4.69, 9.17) is 9.47 Å². The summed E-state index contributed by atoms with van der Waals surface area (Å²) in [7, 11) is 0. The Morgan fingerprint density at radius 3 is 3.09 bits per heavy atom. The van der Waals surface area contributed by atoms with Crippen molar-refractivity contribution in [1.29, 1.82) is 0 Å². The van der Waals surface area contributed by atoms with Crippen molar-refractivity contribution in [2.45, 2.75) is 23.7 Å². The molecular weight excluding hydrogens is 300 g/mol. The Kier molecular flexibility index (Phi) is 3.74. The minimum absolute atomic E-state index is 0.0873. The average molecular weight is 320 g/mol. The van der Waals surface area contributed by atoms with Crippen molar-refractivity contribution in [1.82, 2.24) is 9.88 Å². The SMILES string of the molecule is O=C([C@H]1CCOC1)N1CC2(C[C@@H](Oc3ccccn3)CS2)C1. The number of aromatic nitrogens is 1. The summed E-state index contributed by atoms with van der Waals surface area (Å²) in [5.41, 5.74) is 0. The molecule has 0 saturated carbocycles. The van der Waals surface area contributed by atoms with Gasteiger partial charge in [-0.1, -0.05) is 6.07 Å². The van der Waals surface area contributed by atoms with Crippen LogP contribution in [0.15, 0.2) is 24.4 Å². The molecular formula is C16H20N2O3S. The van der Waals surface area contributed by atoms with Crippen molar-refractivity contribution in [3.8, 4) is 5.88 Å². The molecule has 0 aliphatic carbocycles. The van der Waals surface area contributed by atoms with E-state index in [0.29, 0.717) is 12.5 Å². The Hall–Kier alpha value is -1.27. The van der Waals surface area contributed by atoms with Crippen LogP contribution in [-0.4, -0.2) is 58.7 Å². The van der Waals surface area contributed by atoms with E-state index in [1.54, 1.807) is 6.20 Å². The van der Waals surface area contributed by atoms with E-state index in [1.165, 1.54) is 0 Å². The smallest absolute Gasteiger partial charge is 0.228 e. The van der Waals surface area contributed by atoms with Crippen LogP contribution in [0.1, 0.15) is 12.8 Å². The number of rotatable bonds is 3. The topological polar surface area (TPSA) is 51.7 Å². The first-order valence-corrected chi connectivity index (χ1v) is 8.81. The highest BCUT2D eigenvalue weighted by atomic mass is 32.2. The zero-order valence-electron chi connectivity index (χ0n) is 12.4. The molecule has 0 bridgehead atoms. The number of carbonyl (C=O) groups excluding carboxylic acids is 1. The molecule has 6 heteroatoms. The largest absolute Gasteiger partial charge is 0.473 e. The summed E-state index contributed by atoms with van der Waals surface area (Å²) in [5.74, 6) is 2.04. The van der Waals surface area contributed by atoms with Crippen LogP contribution in [0.25, 0.3) is 0 Å². The van der Waals surface area contributed by atoms with Crippen LogP contribution in [0.5, 0.6) is 5.88 Å². The zero-order chi connectivity index (χ0) is 15.0. The lowest BCUT2D eigenvalue weighted by molar-refractivity contribution is -0.141. The molecule has 0 N–H and O–H groups in total. The van der Waals surface area contributed by atoms with Gasteiger partial charge in [-0.15, -0.1) is 11.8 Å². The highest BCUT2D eigenvalue weighted by molar-refractivity contribution is 8.01. The van der Waals surface area contributed by atoms with Crippen molar-refractivity contribution in [2.75, 3.05) is 32.1 Å². The number of nitrogens with zero attached hydrogens (tertiary/aromatic N) is 2. The lowest BCUT2D eigenvalue weighted by Crippen LogP contribution is -2.62. The fourth-order valence-electron chi connectivity index (χ4n) is 3.48. The second kappa shape index (κ2) is 5.74. The van der Waals surface area contributed by atoms with Gasteiger partial charge in [0.2, 0.25) is 11.8 Å². The maximum absolute atomic E-state index is 12.3. The predicted molar refractivity (Wildman–Crippen MR) is 84.0 cm³/mol. The first-order valence-electron chi connectivity index (χ1n) is 7.82. The van der Waals surface area contributed by atoms with Crippen molar-refractivity contribution in [2.24, 2.45) is 5.92 Å². The molecule has 118 valence electrons. The van der Waals surface area contributed by atoms with Crippen LogP contribution in [0, 0.1) is 5.92 Å². The van der Waals surface area contributed by atoms with E-state index in [0.717, 1.165) is 38.3 Å². The van der Waals surface area contributed by atoms with Gasteiger partial charge in [0.15, 0.2) is 0 Å². The van der Waals surface area contributed by atoms with E-state index < -0.39 is 0 Å². The molecule has 0 radical (unpaired) electrons. The van der Waals surface area contributed by atoms with E-state index in [-0.39, 0.29) is 22.7 Å². The van der Waals surface area contributed by atoms with Gasteiger partial charge < -0.3 is 14.4 Å². The number of hydrogen-bond acceptors (Lipinski definition) is 5. The van der Waals surface area contributed by atoms with E-state index in [9.17, 15) is 4.79 Å². The Balaban J connectivity index is 1.29. The highest BCUT2D eigenvalue weighted by Gasteiger charge is 2.52. The first-order chi connectivity index (χ1) is 10.7. The molecule has 4 heterocycles. The van der Waals surface area contributed by atoms with Gasteiger partial charge in [0, 0.05) is 44.1 Å². The minimum Gasteiger partial charge on any atom is -0.473 e. The first kappa shape index (κ1) is 14.3. The second-order valence-corrected chi connectivity index (χ2v) is 7.85. The van der Waals surface area contributed by atoms with Crippen molar-refractivity contribution >= 4 is 17.7 Å². The van der Waals surface area contributed by atoms with Crippen LogP contribution in [0.4, 0.5) is 0 Å². The van der Waals surface area contributed by atoms with Gasteiger partial charge in [-0.2, -0.15) is 0 Å². The van der Waals surface area contributed by atoms with E-state index >= 15 is 0 Å². The third-order valence-electron chi connectivity index (χ3n) is 4.65. The van der Waals surface area contributed by atoms with Gasteiger partial charge in [-0.05, 0) is 12.5 Å². The molecule has 0 unspecified atom stereocenters. The molecule has 3 fully saturated rings. The number of amides is 1. The molecule has 3 saturated heterocycles. The predicted octanol–water partition coefficient (Wildman–Crippen LogP) is 1.58. The molecule has 22 heavy (non-hydrogen) atoms. The fraction of sp³-hybridized carbons (Fsp3) is 0.625. The average Bonchev–Trinajstić information content (AvgIpc) is 3.16. The summed E-state index contributed by atoms with van der Waals surface area (Å²) in [6.45, 7) is 3.04. The van der Waals surface area contributed by atoms with Gasteiger partial charge in [-0.25, -0.2) is 4.98 Å². The summed E-state index contributed by atoms with van der Waals surface area (Å²) in [6, 6.07) is 5.72. The number of thioether (sulfide) groups is 1. The molecule has 5 nitrogen and oxygen atoms in total. The molecule has 4 rings (SSSR count). The summed E-state index contributed by atoms with van der Waals surface area (Å²) >= 11 is 1.94. The fourth-order valence-corrected chi connectivity index (χ4v) is 5.00. The Morgan fingerprint density at radius 2 is 2.36 bits per heavy atom. The van der Waals surface area contributed by atoms with Gasteiger partial charge in [-0.3, -0.25) is 4.79 Å². The number of hydrogen-bond donors (Lipinski definition) is 0. The molecule has 2 atom stereocenters. The standard InChI is InChI=1S/C16H20N2O3S/c19-15(12-4-6-20-8-12)18-10-16(11-18)7-13(9-22-16)21-14-3-1-2-5-17-14/h1-3,5,12-13H,4,6-11H2/t12-,13+/m0/s1. The Morgan fingerprint density at radius 1 is 1.45 bits per heavy atom. The molecule has 3 aliphatic heterocycles. The summed E-state index contributed by atoms with van der Waals surface area (Å²) < 4.78 is 11.5. The van der Waals surface area contributed by atoms with Crippen LogP contribution < -0.4 is 4.74 Å². The summed E-state index contributed by atoms with van der Waals surface area (Å²) in [6.07, 6.45) is 3.83. The van der Waals surface area contributed by atoms with Gasteiger partial charge >= 0.3 is 0 Å². The Bertz CT molecular complexity index is 542. The number of pyridine rings is 1. The van der Waals surface area contributed by atoms with Crippen LogP contribution >= 0.6 is 11.8 Å². The maximum atomic E-state index is 12.3. The monoisotopic (exact) mass is 320 g/mol. The lowest BCUT2D eigenvalue weighted by Gasteiger charge is -2.48. The maximum Gasteiger partial charge on any atom is 0.228 e. The molecule has 3 aliphatic rings. The summed E-state index contributed by atoms with van der Waals surface area (Å²) in [4.78, 5) is 18.6. The zero-order valence-corrected chi connectivity index (χ0v) is 13.3. The third-order valence-corrected chi connectivity index (χ3v) is 6.22. The quantitative estimate of drug-likeness (QED) is 0.846. The molecule has 1 aromatic rings. The lowest BCUT2D eigenvalue weighted by atomic mass is 9.91. The summed E-state index contributed by atoms with van der Waals surface area (Å²) in [5, 5.41) is 0. The number of carbonyl (C=O) groups is 1. The Labute approximate surface area is 134 Å². The van der Waals surface area contributed by atoms with Gasteiger partial charge in [0.25, 0.3) is 0 Å². The van der Waals surface area contributed by atoms with Crippen LogP contribution in [0.2, 0.25) is 0 Å². The van der Waals surface area contributed by atoms with Gasteiger partial charge in [0.1, 0.15) is 6.10 Å². The third kappa shape index (κ3) is 2.70. The normalized spacial score (nSPS) is 29.5. The minimum atomic E-state index is 0.0873. The highest BCUT2D eigenvalue weighted by Crippen LogP contribution is 2.46. The van der Waals surface area contributed by atoms with Crippen LogP contribution in [0.3, 0.4) is 0 Å². The van der Waals surface area contributed by atoms with Gasteiger partial charge in [0.05, 0.1) is 17.3 Å². The molecule has 1 spiro atoms. The van der Waals surface area contributed by atoms with E-state index in [1.807, 2.05) is 34.9 Å². The molecule has 1 aromatic heterocycles. The van der Waals surface area contributed by atoms with Crippen molar-refractivity contribution in [3.05, 3.63) is 24.4 Å². The van der Waals surface area contributed by atoms with Crippen molar-refractivity contribution < 1.29 is 14.3 Å². The molecule has 0 aromatic carbocycles. The number of likely N-dealkylation sites (tertiary alicyclic amines) is 1. The number of ether oxygens (including phenoxy) is 2.